The Morgan fingerprint density at radius 3 is 2.68 bits per heavy atom. The summed E-state index contributed by atoms with van der Waals surface area (Å²) in [6.07, 6.45) is 4.37. The second-order valence-corrected chi connectivity index (χ2v) is 10.5. The summed E-state index contributed by atoms with van der Waals surface area (Å²) in [5.41, 5.74) is 2.87. The molecule has 38 heavy (non-hydrogen) atoms. The molecule has 0 bridgehead atoms. The van der Waals surface area contributed by atoms with E-state index in [0.29, 0.717) is 13.2 Å². The fourth-order valence-electron chi connectivity index (χ4n) is 5.37. The average molecular weight is 521 g/mol. The van der Waals surface area contributed by atoms with E-state index in [1.165, 1.54) is 5.56 Å². The molecule has 3 aliphatic rings. The number of carbonyl (C=O) groups excluding carboxylic acids is 1. The number of nitrogens with one attached hydrogen (secondary N) is 1. The SMILES string of the molecule is CC(C)n1cnc2c(NCCCN3CCCC3=O)nc(N3CCN(Cc4ccc5c(c4)OCO5)CC3)nc21. The maximum Gasteiger partial charge on any atom is 0.231 e. The van der Waals surface area contributed by atoms with Crippen LogP contribution in [0, 0.1) is 0 Å². The summed E-state index contributed by atoms with van der Waals surface area (Å²) in [6, 6.07) is 6.43. The Morgan fingerprint density at radius 2 is 1.89 bits per heavy atom. The molecule has 202 valence electrons. The highest BCUT2D eigenvalue weighted by atomic mass is 16.7. The van der Waals surface area contributed by atoms with Crippen molar-refractivity contribution < 1.29 is 14.3 Å². The van der Waals surface area contributed by atoms with Gasteiger partial charge in [-0.05, 0) is 44.4 Å². The lowest BCUT2D eigenvalue weighted by Crippen LogP contribution is -2.46. The van der Waals surface area contributed by atoms with E-state index in [1.54, 1.807) is 0 Å². The van der Waals surface area contributed by atoms with Gasteiger partial charge in [0.15, 0.2) is 28.5 Å². The number of nitrogens with zero attached hydrogens (tertiary/aromatic N) is 7. The minimum Gasteiger partial charge on any atom is -0.454 e. The van der Waals surface area contributed by atoms with Crippen LogP contribution in [0.2, 0.25) is 0 Å². The Balaban J connectivity index is 1.13. The molecule has 2 saturated heterocycles. The van der Waals surface area contributed by atoms with Crippen LogP contribution < -0.4 is 19.7 Å². The van der Waals surface area contributed by atoms with Gasteiger partial charge in [0.2, 0.25) is 18.6 Å². The molecule has 3 aliphatic heterocycles. The molecule has 0 atom stereocenters. The van der Waals surface area contributed by atoms with Gasteiger partial charge in [0.25, 0.3) is 0 Å². The van der Waals surface area contributed by atoms with Crippen molar-refractivity contribution in [3.05, 3.63) is 30.1 Å². The zero-order chi connectivity index (χ0) is 26.1. The highest BCUT2D eigenvalue weighted by Crippen LogP contribution is 2.33. The third-order valence-corrected chi connectivity index (χ3v) is 7.53. The van der Waals surface area contributed by atoms with Gasteiger partial charge in [-0.3, -0.25) is 9.69 Å². The monoisotopic (exact) mass is 520 g/mol. The van der Waals surface area contributed by atoms with E-state index in [-0.39, 0.29) is 11.9 Å². The van der Waals surface area contributed by atoms with Gasteiger partial charge in [-0.1, -0.05) is 6.07 Å². The number of benzene rings is 1. The first-order chi connectivity index (χ1) is 18.5. The number of amides is 1. The van der Waals surface area contributed by atoms with E-state index in [2.05, 4.69) is 50.6 Å². The number of rotatable bonds is 9. The van der Waals surface area contributed by atoms with Gasteiger partial charge in [0.1, 0.15) is 0 Å². The molecule has 0 aliphatic carbocycles. The van der Waals surface area contributed by atoms with Crippen molar-refractivity contribution in [3.63, 3.8) is 0 Å². The maximum absolute atomic E-state index is 11.9. The quantitative estimate of drug-likeness (QED) is 0.427. The summed E-state index contributed by atoms with van der Waals surface area (Å²) in [7, 11) is 0. The fourth-order valence-corrected chi connectivity index (χ4v) is 5.37. The van der Waals surface area contributed by atoms with Gasteiger partial charge in [-0.15, -0.1) is 0 Å². The highest BCUT2D eigenvalue weighted by Gasteiger charge is 2.24. The van der Waals surface area contributed by atoms with Crippen LogP contribution in [-0.2, 0) is 11.3 Å². The number of aromatic nitrogens is 4. The zero-order valence-electron chi connectivity index (χ0n) is 22.2. The predicted molar refractivity (Wildman–Crippen MR) is 145 cm³/mol. The molecule has 1 N–H and O–H groups in total. The molecular weight excluding hydrogens is 484 g/mol. The third kappa shape index (κ3) is 5.07. The number of imidazole rings is 1. The molecule has 0 radical (unpaired) electrons. The summed E-state index contributed by atoms with van der Waals surface area (Å²) >= 11 is 0. The van der Waals surface area contributed by atoms with Crippen molar-refractivity contribution in [2.75, 3.05) is 62.8 Å². The van der Waals surface area contributed by atoms with Gasteiger partial charge < -0.3 is 29.2 Å². The van der Waals surface area contributed by atoms with Gasteiger partial charge in [0, 0.05) is 64.8 Å². The third-order valence-electron chi connectivity index (χ3n) is 7.53. The van der Waals surface area contributed by atoms with Crippen LogP contribution in [0.25, 0.3) is 11.2 Å². The summed E-state index contributed by atoms with van der Waals surface area (Å²) in [5.74, 6) is 3.42. The van der Waals surface area contributed by atoms with E-state index < -0.39 is 0 Å². The van der Waals surface area contributed by atoms with Crippen LogP contribution in [0.5, 0.6) is 11.5 Å². The van der Waals surface area contributed by atoms with E-state index in [1.807, 2.05) is 17.3 Å². The fraction of sp³-hybridized carbons (Fsp3) is 0.556. The van der Waals surface area contributed by atoms with Crippen molar-refractivity contribution in [2.45, 2.75) is 45.7 Å². The number of likely N-dealkylation sites (tertiary alicyclic amines) is 1. The van der Waals surface area contributed by atoms with Crippen LogP contribution in [0.4, 0.5) is 11.8 Å². The molecule has 11 nitrogen and oxygen atoms in total. The summed E-state index contributed by atoms with van der Waals surface area (Å²) in [6.45, 7) is 11.4. The Kier molecular flexibility index (Phi) is 6.92. The van der Waals surface area contributed by atoms with Crippen molar-refractivity contribution in [1.82, 2.24) is 29.3 Å². The Labute approximate surface area is 222 Å². The lowest BCUT2D eigenvalue weighted by molar-refractivity contribution is -0.127. The van der Waals surface area contributed by atoms with Crippen LogP contribution in [0.1, 0.15) is 44.7 Å². The van der Waals surface area contributed by atoms with Crippen LogP contribution in [0.3, 0.4) is 0 Å². The van der Waals surface area contributed by atoms with E-state index in [0.717, 1.165) is 99.6 Å². The highest BCUT2D eigenvalue weighted by molar-refractivity contribution is 5.84. The molecule has 11 heteroatoms. The molecule has 0 unspecified atom stereocenters. The normalized spacial score (nSPS) is 17.8. The molecule has 2 aromatic heterocycles. The Morgan fingerprint density at radius 1 is 1.05 bits per heavy atom. The van der Waals surface area contributed by atoms with Gasteiger partial charge in [-0.25, -0.2) is 4.98 Å². The first-order valence-electron chi connectivity index (χ1n) is 13.7. The van der Waals surface area contributed by atoms with E-state index in [9.17, 15) is 4.79 Å². The number of anilines is 2. The van der Waals surface area contributed by atoms with E-state index in [4.69, 9.17) is 19.4 Å². The van der Waals surface area contributed by atoms with Crippen LogP contribution in [-0.4, -0.2) is 87.8 Å². The molecule has 0 saturated carbocycles. The maximum atomic E-state index is 11.9. The second kappa shape index (κ2) is 10.6. The van der Waals surface area contributed by atoms with Crippen molar-refractivity contribution >= 4 is 28.8 Å². The molecule has 0 spiro atoms. The molecule has 6 rings (SSSR count). The number of hydrogen-bond donors (Lipinski definition) is 1. The largest absolute Gasteiger partial charge is 0.454 e. The standard InChI is InChI=1S/C27H36N8O3/c1-19(2)35-17-29-24-25(28-8-4-10-33-9-3-5-23(33)36)30-27(31-26(24)35)34-13-11-32(12-14-34)16-20-6-7-21-22(15-20)38-18-37-21/h6-7,15,17,19H,3-5,8-14,16,18H2,1-2H3,(H,28,30,31). The van der Waals surface area contributed by atoms with Gasteiger partial charge in [0.05, 0.1) is 6.33 Å². The van der Waals surface area contributed by atoms with Crippen molar-refractivity contribution in [3.8, 4) is 11.5 Å². The smallest absolute Gasteiger partial charge is 0.231 e. The lowest BCUT2D eigenvalue weighted by atomic mass is 10.1. The number of carbonyl (C=O) groups is 1. The number of fused-ring (bicyclic) bond motifs is 2. The van der Waals surface area contributed by atoms with Gasteiger partial charge in [-0.2, -0.15) is 9.97 Å². The van der Waals surface area contributed by atoms with Gasteiger partial charge >= 0.3 is 0 Å². The van der Waals surface area contributed by atoms with Crippen molar-refractivity contribution in [2.24, 2.45) is 0 Å². The number of ether oxygens (including phenoxy) is 2. The summed E-state index contributed by atoms with van der Waals surface area (Å²) < 4.78 is 13.1. The van der Waals surface area contributed by atoms with E-state index >= 15 is 0 Å². The first-order valence-corrected chi connectivity index (χ1v) is 13.7. The number of piperazine rings is 1. The van der Waals surface area contributed by atoms with Crippen molar-refractivity contribution in [1.29, 1.82) is 0 Å². The van der Waals surface area contributed by atoms with Crippen LogP contribution >= 0.6 is 0 Å². The molecule has 1 aromatic carbocycles. The first kappa shape index (κ1) is 24.7. The molecular formula is C27H36N8O3. The number of hydrogen-bond acceptors (Lipinski definition) is 9. The minimum atomic E-state index is 0.246. The second-order valence-electron chi connectivity index (χ2n) is 10.5. The zero-order valence-corrected chi connectivity index (χ0v) is 22.2. The summed E-state index contributed by atoms with van der Waals surface area (Å²) in [5, 5.41) is 3.50. The summed E-state index contributed by atoms with van der Waals surface area (Å²) in [4.78, 5) is 33.1. The molecule has 3 aromatic rings. The topological polar surface area (TPSA) is 101 Å². The lowest BCUT2D eigenvalue weighted by Gasteiger charge is -2.35. The Hall–Kier alpha value is -3.60. The molecule has 5 heterocycles. The van der Waals surface area contributed by atoms with Crippen LogP contribution in [0.15, 0.2) is 24.5 Å². The average Bonchev–Trinajstić information content (AvgIpc) is 3.66. The Bertz CT molecular complexity index is 1300. The molecule has 2 fully saturated rings. The minimum absolute atomic E-state index is 0.246. The molecule has 1 amide bonds. The predicted octanol–water partition coefficient (Wildman–Crippen LogP) is 2.88.